The van der Waals surface area contributed by atoms with E-state index in [1.165, 1.54) is 5.56 Å². The predicted molar refractivity (Wildman–Crippen MR) is 88.9 cm³/mol. The molecule has 0 aliphatic rings. The lowest BCUT2D eigenvalue weighted by molar-refractivity contribution is 0.490. The highest BCUT2D eigenvalue weighted by Gasteiger charge is 2.17. The molecule has 0 aliphatic heterocycles. The van der Waals surface area contributed by atoms with Gasteiger partial charge in [-0.2, -0.15) is 5.10 Å². The van der Waals surface area contributed by atoms with E-state index in [-0.39, 0.29) is 0 Å². The van der Waals surface area contributed by atoms with Crippen molar-refractivity contribution in [2.45, 2.75) is 39.2 Å². The monoisotopic (exact) mass is 305 g/mol. The smallest absolute Gasteiger partial charge is 0.0847 e. The lowest BCUT2D eigenvalue weighted by atomic mass is 10.0. The van der Waals surface area contributed by atoms with Gasteiger partial charge in [-0.05, 0) is 31.9 Å². The van der Waals surface area contributed by atoms with Crippen molar-refractivity contribution in [2.75, 3.05) is 6.54 Å². The topological polar surface area (TPSA) is 29.9 Å². The summed E-state index contributed by atoms with van der Waals surface area (Å²) in [6.45, 7) is 5.16. The first-order valence-corrected chi connectivity index (χ1v) is 7.94. The van der Waals surface area contributed by atoms with Gasteiger partial charge in [0.15, 0.2) is 0 Å². The number of benzene rings is 1. The molecule has 3 nitrogen and oxygen atoms in total. The highest BCUT2D eigenvalue weighted by molar-refractivity contribution is 6.31. The molecule has 0 aliphatic carbocycles. The second kappa shape index (κ2) is 7.62. The molecule has 114 valence electrons. The zero-order chi connectivity index (χ0) is 15.2. The first-order valence-electron chi connectivity index (χ1n) is 7.57. The van der Waals surface area contributed by atoms with Crippen LogP contribution in [0.15, 0.2) is 30.3 Å². The number of nitrogens with zero attached hydrogens (tertiary/aromatic N) is 2. The molecule has 1 aromatic heterocycles. The lowest BCUT2D eigenvalue weighted by Crippen LogP contribution is -2.34. The minimum atomic E-state index is 0.375. The Labute approximate surface area is 132 Å². The van der Waals surface area contributed by atoms with Crippen molar-refractivity contribution >= 4 is 11.6 Å². The van der Waals surface area contributed by atoms with Gasteiger partial charge in [-0.15, -0.1) is 0 Å². The average Bonchev–Trinajstić information content (AvgIpc) is 2.72. The SMILES string of the molecule is CCCNC(Cc1ccccc1)Cc1c(Cl)c(C)nn1C. The molecule has 0 spiro atoms. The second-order valence-electron chi connectivity index (χ2n) is 5.51. The summed E-state index contributed by atoms with van der Waals surface area (Å²) in [7, 11) is 1.97. The van der Waals surface area contributed by atoms with E-state index in [0.29, 0.717) is 6.04 Å². The van der Waals surface area contributed by atoms with Crippen LogP contribution in [0.2, 0.25) is 5.02 Å². The fourth-order valence-electron chi connectivity index (χ4n) is 2.60. The van der Waals surface area contributed by atoms with Gasteiger partial charge in [-0.1, -0.05) is 48.9 Å². The van der Waals surface area contributed by atoms with Crippen LogP contribution in [-0.4, -0.2) is 22.4 Å². The summed E-state index contributed by atoms with van der Waals surface area (Å²) in [4.78, 5) is 0. The Morgan fingerprint density at radius 1 is 1.24 bits per heavy atom. The summed E-state index contributed by atoms with van der Waals surface area (Å²) in [5, 5.41) is 8.84. The maximum absolute atomic E-state index is 6.38. The van der Waals surface area contributed by atoms with Gasteiger partial charge in [0, 0.05) is 19.5 Å². The normalized spacial score (nSPS) is 12.6. The minimum Gasteiger partial charge on any atom is -0.313 e. The number of halogens is 1. The average molecular weight is 306 g/mol. The second-order valence-corrected chi connectivity index (χ2v) is 5.89. The maximum Gasteiger partial charge on any atom is 0.0847 e. The fourth-order valence-corrected chi connectivity index (χ4v) is 2.84. The van der Waals surface area contributed by atoms with Crippen LogP contribution in [0.5, 0.6) is 0 Å². The van der Waals surface area contributed by atoms with Gasteiger partial charge >= 0.3 is 0 Å². The number of rotatable bonds is 7. The molecule has 4 heteroatoms. The van der Waals surface area contributed by atoms with E-state index in [1.54, 1.807) is 0 Å². The third-order valence-electron chi connectivity index (χ3n) is 3.71. The first-order chi connectivity index (χ1) is 10.1. The lowest BCUT2D eigenvalue weighted by Gasteiger charge is -2.19. The molecule has 1 unspecified atom stereocenters. The molecule has 0 amide bonds. The number of nitrogens with one attached hydrogen (secondary N) is 1. The molecule has 0 radical (unpaired) electrons. The largest absolute Gasteiger partial charge is 0.313 e. The zero-order valence-electron chi connectivity index (χ0n) is 13.1. The quantitative estimate of drug-likeness (QED) is 0.848. The van der Waals surface area contributed by atoms with Crippen molar-refractivity contribution in [3.05, 3.63) is 52.3 Å². The van der Waals surface area contributed by atoms with Crippen molar-refractivity contribution in [1.29, 1.82) is 0 Å². The minimum absolute atomic E-state index is 0.375. The molecule has 2 rings (SSSR count). The van der Waals surface area contributed by atoms with E-state index < -0.39 is 0 Å². The van der Waals surface area contributed by atoms with Crippen molar-refractivity contribution < 1.29 is 0 Å². The Morgan fingerprint density at radius 2 is 1.95 bits per heavy atom. The van der Waals surface area contributed by atoms with E-state index in [0.717, 1.165) is 42.2 Å². The number of aryl methyl sites for hydroxylation is 2. The number of hydrogen-bond donors (Lipinski definition) is 1. The molecule has 2 aromatic rings. The Balaban J connectivity index is 2.12. The molecular formula is C17H24ClN3. The molecule has 0 saturated heterocycles. The molecule has 1 atom stereocenters. The highest BCUT2D eigenvalue weighted by atomic mass is 35.5. The zero-order valence-corrected chi connectivity index (χ0v) is 13.8. The summed E-state index contributed by atoms with van der Waals surface area (Å²) >= 11 is 6.38. The summed E-state index contributed by atoms with van der Waals surface area (Å²) in [5.74, 6) is 0. The standard InChI is InChI=1S/C17H24ClN3/c1-4-10-19-15(11-14-8-6-5-7-9-14)12-16-17(18)13(2)20-21(16)3/h5-9,15,19H,4,10-12H2,1-3H3. The van der Waals surface area contributed by atoms with Gasteiger partial charge in [0.1, 0.15) is 0 Å². The summed E-state index contributed by atoms with van der Waals surface area (Å²) in [6.07, 6.45) is 3.02. The van der Waals surface area contributed by atoms with E-state index >= 15 is 0 Å². The van der Waals surface area contributed by atoms with Crippen LogP contribution in [-0.2, 0) is 19.9 Å². The van der Waals surface area contributed by atoms with Crippen molar-refractivity contribution in [3.8, 4) is 0 Å². The van der Waals surface area contributed by atoms with Crippen molar-refractivity contribution in [3.63, 3.8) is 0 Å². The number of aromatic nitrogens is 2. The van der Waals surface area contributed by atoms with Crippen LogP contribution in [0.4, 0.5) is 0 Å². The fraction of sp³-hybridized carbons (Fsp3) is 0.471. The summed E-state index contributed by atoms with van der Waals surface area (Å²) in [5.41, 5.74) is 3.36. The molecule has 0 fully saturated rings. The third kappa shape index (κ3) is 4.32. The summed E-state index contributed by atoms with van der Waals surface area (Å²) < 4.78 is 1.91. The molecule has 21 heavy (non-hydrogen) atoms. The molecule has 1 N–H and O–H groups in total. The van der Waals surface area contributed by atoms with Gasteiger partial charge < -0.3 is 5.32 Å². The van der Waals surface area contributed by atoms with E-state index in [1.807, 2.05) is 18.7 Å². The molecular weight excluding hydrogens is 282 g/mol. The Morgan fingerprint density at radius 3 is 2.52 bits per heavy atom. The van der Waals surface area contributed by atoms with Crippen LogP contribution in [0.1, 0.15) is 30.3 Å². The van der Waals surface area contributed by atoms with E-state index in [4.69, 9.17) is 11.6 Å². The Kier molecular flexibility index (Phi) is 5.83. The van der Waals surface area contributed by atoms with Gasteiger partial charge in [0.05, 0.1) is 16.4 Å². The molecule has 0 bridgehead atoms. The predicted octanol–water partition coefficient (Wildman–Crippen LogP) is 3.54. The Bertz CT molecular complexity index is 563. The first kappa shape index (κ1) is 16.1. The van der Waals surface area contributed by atoms with Crippen molar-refractivity contribution in [1.82, 2.24) is 15.1 Å². The van der Waals surface area contributed by atoms with Crippen LogP contribution in [0.3, 0.4) is 0 Å². The van der Waals surface area contributed by atoms with Crippen molar-refractivity contribution in [2.24, 2.45) is 7.05 Å². The molecule has 0 saturated carbocycles. The van der Waals surface area contributed by atoms with Gasteiger partial charge in [0.2, 0.25) is 0 Å². The Hall–Kier alpha value is -1.32. The third-order valence-corrected chi connectivity index (χ3v) is 4.20. The van der Waals surface area contributed by atoms with Crippen LogP contribution < -0.4 is 5.32 Å². The van der Waals surface area contributed by atoms with Gasteiger partial charge in [-0.3, -0.25) is 4.68 Å². The van der Waals surface area contributed by atoms with E-state index in [2.05, 4.69) is 47.7 Å². The maximum atomic E-state index is 6.38. The highest BCUT2D eigenvalue weighted by Crippen LogP contribution is 2.21. The molecule has 1 aromatic carbocycles. The van der Waals surface area contributed by atoms with Gasteiger partial charge in [0.25, 0.3) is 0 Å². The molecule has 1 heterocycles. The summed E-state index contributed by atoms with van der Waals surface area (Å²) in [6, 6.07) is 11.0. The van der Waals surface area contributed by atoms with Crippen LogP contribution >= 0.6 is 11.6 Å². The number of hydrogen-bond acceptors (Lipinski definition) is 2. The van der Waals surface area contributed by atoms with Crippen LogP contribution in [0, 0.1) is 6.92 Å². The van der Waals surface area contributed by atoms with Crippen LogP contribution in [0.25, 0.3) is 0 Å². The van der Waals surface area contributed by atoms with Gasteiger partial charge in [-0.25, -0.2) is 0 Å². The van der Waals surface area contributed by atoms with E-state index in [9.17, 15) is 0 Å².